The van der Waals surface area contributed by atoms with E-state index in [1.807, 2.05) is 18.2 Å². The fraction of sp³-hybridized carbons (Fsp3) is 0.143. The minimum absolute atomic E-state index is 0.236. The average Bonchev–Trinajstić information content (AvgIpc) is 2.59. The van der Waals surface area contributed by atoms with Gasteiger partial charge in [-0.05, 0) is 54.2 Å². The Balaban J connectivity index is 1.75. The highest BCUT2D eigenvalue weighted by Crippen LogP contribution is 2.26. The van der Waals surface area contributed by atoms with Gasteiger partial charge in [0.2, 0.25) is 0 Å². The van der Waals surface area contributed by atoms with Crippen LogP contribution < -0.4 is 0 Å². The van der Waals surface area contributed by atoms with E-state index < -0.39 is 11.6 Å². The van der Waals surface area contributed by atoms with Crippen molar-refractivity contribution in [3.8, 4) is 11.1 Å². The summed E-state index contributed by atoms with van der Waals surface area (Å²) < 4.78 is 40.9. The molecule has 0 saturated heterocycles. The van der Waals surface area contributed by atoms with Gasteiger partial charge >= 0.3 is 0 Å². The van der Waals surface area contributed by atoms with Gasteiger partial charge < -0.3 is 0 Å². The van der Waals surface area contributed by atoms with E-state index in [2.05, 4.69) is 0 Å². The zero-order chi connectivity index (χ0) is 17.1. The standard InChI is InChI=1S/C21H17F3/c1-14-5-12-19(21(24)20(14)23)17-10-8-15(9-11-17)6-7-16-3-2-4-18(22)13-16/h2-5,8-13H,6-7H2,1H3. The maximum Gasteiger partial charge on any atom is 0.166 e. The van der Waals surface area contributed by atoms with Crippen molar-refractivity contribution < 1.29 is 13.2 Å². The Morgan fingerprint density at radius 1 is 0.708 bits per heavy atom. The molecule has 0 saturated carbocycles. The Labute approximate surface area is 139 Å². The first kappa shape index (κ1) is 16.3. The zero-order valence-corrected chi connectivity index (χ0v) is 13.3. The quantitative estimate of drug-likeness (QED) is 0.563. The topological polar surface area (TPSA) is 0 Å². The number of hydrogen-bond acceptors (Lipinski definition) is 0. The van der Waals surface area contributed by atoms with E-state index in [-0.39, 0.29) is 11.4 Å². The lowest BCUT2D eigenvalue weighted by Gasteiger charge is -2.08. The van der Waals surface area contributed by atoms with E-state index in [1.165, 1.54) is 19.1 Å². The smallest absolute Gasteiger partial charge is 0.166 e. The first-order valence-electron chi connectivity index (χ1n) is 7.83. The van der Waals surface area contributed by atoms with Crippen molar-refractivity contribution in [2.75, 3.05) is 0 Å². The van der Waals surface area contributed by atoms with Crippen molar-refractivity contribution >= 4 is 0 Å². The van der Waals surface area contributed by atoms with Gasteiger partial charge in [0.25, 0.3) is 0 Å². The second-order valence-corrected chi connectivity index (χ2v) is 5.88. The van der Waals surface area contributed by atoms with Gasteiger partial charge in [-0.25, -0.2) is 13.2 Å². The van der Waals surface area contributed by atoms with E-state index in [0.29, 0.717) is 11.1 Å². The van der Waals surface area contributed by atoms with E-state index >= 15 is 0 Å². The number of aryl methyl sites for hydroxylation is 3. The molecule has 3 heteroatoms. The lowest BCUT2D eigenvalue weighted by atomic mass is 9.99. The molecule has 0 bridgehead atoms. The number of benzene rings is 3. The molecule has 0 amide bonds. The van der Waals surface area contributed by atoms with Crippen LogP contribution in [0.25, 0.3) is 11.1 Å². The third-order valence-corrected chi connectivity index (χ3v) is 4.13. The van der Waals surface area contributed by atoms with Crippen molar-refractivity contribution in [2.24, 2.45) is 0 Å². The first-order valence-corrected chi connectivity index (χ1v) is 7.83. The van der Waals surface area contributed by atoms with Crippen molar-refractivity contribution in [3.05, 3.63) is 94.8 Å². The summed E-state index contributed by atoms with van der Waals surface area (Å²) in [6.45, 7) is 1.54. The largest absolute Gasteiger partial charge is 0.207 e. The molecule has 0 unspecified atom stereocenters. The fourth-order valence-electron chi connectivity index (χ4n) is 2.70. The monoisotopic (exact) mass is 326 g/mol. The summed E-state index contributed by atoms with van der Waals surface area (Å²) in [4.78, 5) is 0. The van der Waals surface area contributed by atoms with Crippen LogP contribution in [0.1, 0.15) is 16.7 Å². The first-order chi connectivity index (χ1) is 11.5. The van der Waals surface area contributed by atoms with E-state index in [0.717, 1.165) is 24.0 Å². The van der Waals surface area contributed by atoms with Gasteiger partial charge in [-0.1, -0.05) is 48.5 Å². The van der Waals surface area contributed by atoms with Gasteiger partial charge in [0.1, 0.15) is 5.82 Å². The third kappa shape index (κ3) is 3.51. The molecular weight excluding hydrogens is 309 g/mol. The highest BCUT2D eigenvalue weighted by atomic mass is 19.2. The Kier molecular flexibility index (Phi) is 4.70. The summed E-state index contributed by atoms with van der Waals surface area (Å²) in [5, 5.41) is 0. The van der Waals surface area contributed by atoms with Crippen molar-refractivity contribution in [1.29, 1.82) is 0 Å². The lowest BCUT2D eigenvalue weighted by molar-refractivity contribution is 0.505. The molecule has 24 heavy (non-hydrogen) atoms. The summed E-state index contributed by atoms with van der Waals surface area (Å²) in [6.07, 6.45) is 1.49. The molecule has 0 aromatic heterocycles. The molecule has 3 aromatic carbocycles. The van der Waals surface area contributed by atoms with Crippen LogP contribution in [0.3, 0.4) is 0 Å². The Morgan fingerprint density at radius 2 is 1.42 bits per heavy atom. The predicted octanol–water partition coefficient (Wildman–Crippen LogP) is 5.86. The Morgan fingerprint density at radius 3 is 2.12 bits per heavy atom. The van der Waals surface area contributed by atoms with Gasteiger partial charge in [0.15, 0.2) is 11.6 Å². The van der Waals surface area contributed by atoms with Crippen molar-refractivity contribution in [1.82, 2.24) is 0 Å². The molecular formula is C21H17F3. The van der Waals surface area contributed by atoms with Crippen LogP contribution >= 0.6 is 0 Å². The summed E-state index contributed by atoms with van der Waals surface area (Å²) >= 11 is 0. The van der Waals surface area contributed by atoms with Crippen LogP contribution in [-0.4, -0.2) is 0 Å². The highest BCUT2D eigenvalue weighted by molar-refractivity contribution is 5.65. The molecule has 122 valence electrons. The highest BCUT2D eigenvalue weighted by Gasteiger charge is 2.12. The maximum atomic E-state index is 14.0. The summed E-state index contributed by atoms with van der Waals surface area (Å²) in [5.74, 6) is -1.86. The van der Waals surface area contributed by atoms with E-state index in [4.69, 9.17) is 0 Å². The molecule has 0 heterocycles. The molecule has 0 N–H and O–H groups in total. The van der Waals surface area contributed by atoms with Crippen LogP contribution in [0.4, 0.5) is 13.2 Å². The van der Waals surface area contributed by atoms with Crippen molar-refractivity contribution in [2.45, 2.75) is 19.8 Å². The average molecular weight is 326 g/mol. The second-order valence-electron chi connectivity index (χ2n) is 5.88. The number of halogens is 3. The van der Waals surface area contributed by atoms with Crippen LogP contribution in [-0.2, 0) is 12.8 Å². The van der Waals surface area contributed by atoms with Crippen LogP contribution in [0.5, 0.6) is 0 Å². The van der Waals surface area contributed by atoms with Crippen LogP contribution in [0, 0.1) is 24.4 Å². The molecule has 0 aliphatic heterocycles. The number of hydrogen-bond donors (Lipinski definition) is 0. The maximum absolute atomic E-state index is 14.0. The molecule has 0 atom stereocenters. The molecule has 0 fully saturated rings. The van der Waals surface area contributed by atoms with E-state index in [1.54, 1.807) is 30.3 Å². The van der Waals surface area contributed by atoms with Crippen LogP contribution in [0.15, 0.2) is 60.7 Å². The molecule has 3 rings (SSSR count). The summed E-state index contributed by atoms with van der Waals surface area (Å²) in [5.41, 5.74) is 3.19. The molecule has 0 aliphatic rings. The van der Waals surface area contributed by atoms with Gasteiger partial charge in [-0.3, -0.25) is 0 Å². The van der Waals surface area contributed by atoms with Gasteiger partial charge in [-0.15, -0.1) is 0 Å². The van der Waals surface area contributed by atoms with Crippen LogP contribution in [0.2, 0.25) is 0 Å². The third-order valence-electron chi connectivity index (χ3n) is 4.13. The summed E-state index contributed by atoms with van der Waals surface area (Å²) in [6, 6.07) is 17.1. The van der Waals surface area contributed by atoms with E-state index in [9.17, 15) is 13.2 Å². The van der Waals surface area contributed by atoms with Gasteiger partial charge in [0, 0.05) is 5.56 Å². The Hall–Kier alpha value is -2.55. The lowest BCUT2D eigenvalue weighted by Crippen LogP contribution is -1.94. The summed E-state index contributed by atoms with van der Waals surface area (Å²) in [7, 11) is 0. The fourth-order valence-corrected chi connectivity index (χ4v) is 2.70. The molecule has 0 aliphatic carbocycles. The Bertz CT molecular complexity index is 851. The SMILES string of the molecule is Cc1ccc(-c2ccc(CCc3cccc(F)c3)cc2)c(F)c1F. The molecule has 0 radical (unpaired) electrons. The second kappa shape index (κ2) is 6.91. The minimum Gasteiger partial charge on any atom is -0.207 e. The molecule has 0 nitrogen and oxygen atoms in total. The van der Waals surface area contributed by atoms with Gasteiger partial charge in [-0.2, -0.15) is 0 Å². The molecule has 3 aromatic rings. The minimum atomic E-state index is -0.817. The normalized spacial score (nSPS) is 10.8. The van der Waals surface area contributed by atoms with Gasteiger partial charge in [0.05, 0.1) is 0 Å². The zero-order valence-electron chi connectivity index (χ0n) is 13.3. The predicted molar refractivity (Wildman–Crippen MR) is 90.3 cm³/mol. The molecule has 0 spiro atoms. The van der Waals surface area contributed by atoms with Crippen molar-refractivity contribution in [3.63, 3.8) is 0 Å². The number of rotatable bonds is 4.